The molecule has 0 fully saturated rings. The Morgan fingerprint density at radius 3 is 2.53 bits per heavy atom. The molecule has 0 saturated heterocycles. The van der Waals surface area contributed by atoms with Crippen LogP contribution in [0, 0.1) is 0 Å². The van der Waals surface area contributed by atoms with Gasteiger partial charge in [-0.1, -0.05) is 6.07 Å². The summed E-state index contributed by atoms with van der Waals surface area (Å²) in [6.07, 6.45) is 2.60. The summed E-state index contributed by atoms with van der Waals surface area (Å²) in [7, 11) is 0. The van der Waals surface area contributed by atoms with Crippen molar-refractivity contribution < 1.29 is 10.2 Å². The van der Waals surface area contributed by atoms with Crippen molar-refractivity contribution in [3.05, 3.63) is 36.2 Å². The highest BCUT2D eigenvalue weighted by molar-refractivity contribution is 5.53. The average Bonchev–Trinajstić information content (AvgIpc) is 2.33. The average molecular weight is 232 g/mol. The topological polar surface area (TPSA) is 104 Å². The minimum absolute atomic E-state index is 0.0145. The van der Waals surface area contributed by atoms with Crippen molar-refractivity contribution in [3.63, 3.8) is 0 Å². The molecule has 0 spiro atoms. The van der Waals surface area contributed by atoms with E-state index in [4.69, 9.17) is 10.8 Å². The zero-order chi connectivity index (χ0) is 12.3. The standard InChI is InChI=1S/C11H12N4O2/c12-9-2-1-7(3-10(9)17)4-13-11-14-5-8(16)6-15-11/h1-3,5-6,16-17H,4,12H2,(H,13,14,15). The fraction of sp³-hybridized carbons (Fsp3) is 0.0909. The van der Waals surface area contributed by atoms with Crippen LogP contribution in [-0.4, -0.2) is 20.2 Å². The van der Waals surface area contributed by atoms with Crippen LogP contribution in [0.3, 0.4) is 0 Å². The molecule has 0 bridgehead atoms. The van der Waals surface area contributed by atoms with Gasteiger partial charge in [-0.15, -0.1) is 0 Å². The minimum atomic E-state index is 0.0145. The number of benzene rings is 1. The number of anilines is 2. The minimum Gasteiger partial charge on any atom is -0.506 e. The number of nitrogens with one attached hydrogen (secondary N) is 1. The van der Waals surface area contributed by atoms with Crippen molar-refractivity contribution in [1.29, 1.82) is 0 Å². The largest absolute Gasteiger partial charge is 0.506 e. The van der Waals surface area contributed by atoms with Crippen LogP contribution >= 0.6 is 0 Å². The lowest BCUT2D eigenvalue weighted by Gasteiger charge is -2.06. The van der Waals surface area contributed by atoms with Crippen LogP contribution in [0.2, 0.25) is 0 Å². The summed E-state index contributed by atoms with van der Waals surface area (Å²) in [5.41, 5.74) is 6.69. The molecule has 6 heteroatoms. The van der Waals surface area contributed by atoms with Crippen LogP contribution in [0.5, 0.6) is 11.5 Å². The summed E-state index contributed by atoms with van der Waals surface area (Å²) in [5.74, 6) is 0.468. The van der Waals surface area contributed by atoms with Gasteiger partial charge in [0.2, 0.25) is 5.95 Å². The van der Waals surface area contributed by atoms with Crippen LogP contribution in [-0.2, 0) is 6.54 Å². The molecular formula is C11H12N4O2. The molecule has 0 saturated carbocycles. The van der Waals surface area contributed by atoms with Gasteiger partial charge in [0, 0.05) is 6.54 Å². The Balaban J connectivity index is 2.02. The lowest BCUT2D eigenvalue weighted by molar-refractivity contribution is 0.470. The van der Waals surface area contributed by atoms with E-state index >= 15 is 0 Å². The Bertz CT molecular complexity index is 513. The normalized spacial score (nSPS) is 10.1. The van der Waals surface area contributed by atoms with Gasteiger partial charge in [0.25, 0.3) is 0 Å². The highest BCUT2D eigenvalue weighted by Crippen LogP contribution is 2.20. The predicted molar refractivity (Wildman–Crippen MR) is 63.5 cm³/mol. The van der Waals surface area contributed by atoms with E-state index < -0.39 is 0 Å². The van der Waals surface area contributed by atoms with Gasteiger partial charge in [-0.3, -0.25) is 0 Å². The fourth-order valence-corrected chi connectivity index (χ4v) is 1.29. The maximum absolute atomic E-state index is 9.42. The third kappa shape index (κ3) is 2.75. The Labute approximate surface area is 97.8 Å². The first-order chi connectivity index (χ1) is 8.15. The molecule has 17 heavy (non-hydrogen) atoms. The molecule has 2 rings (SSSR count). The maximum atomic E-state index is 9.42. The van der Waals surface area contributed by atoms with E-state index in [-0.39, 0.29) is 11.5 Å². The lowest BCUT2D eigenvalue weighted by atomic mass is 10.2. The molecule has 0 atom stereocenters. The zero-order valence-corrected chi connectivity index (χ0v) is 8.96. The number of hydrogen-bond acceptors (Lipinski definition) is 6. The number of aromatic nitrogens is 2. The number of phenolic OH excluding ortho intramolecular Hbond substituents is 1. The van der Waals surface area contributed by atoms with Crippen molar-refractivity contribution in [2.24, 2.45) is 0 Å². The molecule has 2 aromatic rings. The quantitative estimate of drug-likeness (QED) is 0.466. The summed E-state index contributed by atoms with van der Waals surface area (Å²) in [4.78, 5) is 7.75. The molecule has 0 amide bonds. The number of aromatic hydroxyl groups is 2. The molecule has 0 aliphatic carbocycles. The second kappa shape index (κ2) is 4.56. The van der Waals surface area contributed by atoms with Gasteiger partial charge in [-0.25, -0.2) is 9.97 Å². The van der Waals surface area contributed by atoms with Gasteiger partial charge in [-0.05, 0) is 17.7 Å². The number of nitrogens with zero attached hydrogens (tertiary/aromatic N) is 2. The summed E-state index contributed by atoms with van der Waals surface area (Å²) in [6, 6.07) is 5.00. The Hall–Kier alpha value is -2.50. The summed E-state index contributed by atoms with van der Waals surface area (Å²) in [5, 5.41) is 21.4. The monoisotopic (exact) mass is 232 g/mol. The lowest BCUT2D eigenvalue weighted by Crippen LogP contribution is -2.03. The second-order valence-corrected chi connectivity index (χ2v) is 3.51. The molecule has 1 heterocycles. The molecule has 1 aromatic carbocycles. The number of nitrogen functional groups attached to an aromatic ring is 1. The van der Waals surface area contributed by atoms with Gasteiger partial charge in [0.15, 0.2) is 5.75 Å². The maximum Gasteiger partial charge on any atom is 0.223 e. The second-order valence-electron chi connectivity index (χ2n) is 3.51. The number of phenols is 1. The van der Waals surface area contributed by atoms with E-state index in [1.165, 1.54) is 12.4 Å². The highest BCUT2D eigenvalue weighted by Gasteiger charge is 2.00. The fourth-order valence-electron chi connectivity index (χ4n) is 1.29. The van der Waals surface area contributed by atoms with E-state index in [0.29, 0.717) is 18.2 Å². The van der Waals surface area contributed by atoms with Crippen LogP contribution in [0.1, 0.15) is 5.56 Å². The van der Waals surface area contributed by atoms with Crippen LogP contribution < -0.4 is 11.1 Å². The smallest absolute Gasteiger partial charge is 0.223 e. The molecular weight excluding hydrogens is 220 g/mol. The summed E-state index contributed by atoms with van der Waals surface area (Å²) < 4.78 is 0. The van der Waals surface area contributed by atoms with Gasteiger partial charge in [0.05, 0.1) is 18.1 Å². The van der Waals surface area contributed by atoms with E-state index in [1.54, 1.807) is 18.2 Å². The van der Waals surface area contributed by atoms with Crippen molar-refractivity contribution in [3.8, 4) is 11.5 Å². The first-order valence-corrected chi connectivity index (χ1v) is 4.97. The number of hydrogen-bond donors (Lipinski definition) is 4. The van der Waals surface area contributed by atoms with E-state index in [1.807, 2.05) is 0 Å². The molecule has 0 aliphatic heterocycles. The van der Waals surface area contributed by atoms with Crippen molar-refractivity contribution in [2.45, 2.75) is 6.54 Å². The van der Waals surface area contributed by atoms with Crippen molar-refractivity contribution in [2.75, 3.05) is 11.1 Å². The SMILES string of the molecule is Nc1ccc(CNc2ncc(O)cn2)cc1O. The molecule has 0 aliphatic rings. The first kappa shape index (κ1) is 11.0. The van der Waals surface area contributed by atoms with E-state index in [0.717, 1.165) is 5.56 Å². The number of rotatable bonds is 3. The molecule has 88 valence electrons. The van der Waals surface area contributed by atoms with Crippen LogP contribution in [0.4, 0.5) is 11.6 Å². The van der Waals surface area contributed by atoms with Gasteiger partial charge < -0.3 is 21.3 Å². The molecule has 6 nitrogen and oxygen atoms in total. The van der Waals surface area contributed by atoms with Gasteiger partial charge >= 0.3 is 0 Å². The third-order valence-electron chi connectivity index (χ3n) is 2.18. The van der Waals surface area contributed by atoms with Gasteiger partial charge in [-0.2, -0.15) is 0 Å². The highest BCUT2D eigenvalue weighted by atomic mass is 16.3. The Kier molecular flexibility index (Phi) is 2.95. The van der Waals surface area contributed by atoms with Crippen LogP contribution in [0.15, 0.2) is 30.6 Å². The van der Waals surface area contributed by atoms with Crippen LogP contribution in [0.25, 0.3) is 0 Å². The van der Waals surface area contributed by atoms with Gasteiger partial charge in [0.1, 0.15) is 5.75 Å². The Morgan fingerprint density at radius 1 is 1.18 bits per heavy atom. The molecule has 0 unspecified atom stereocenters. The summed E-state index contributed by atoms with van der Waals surface area (Å²) in [6.45, 7) is 0.457. The predicted octanol–water partition coefficient (Wildman–Crippen LogP) is 1.08. The van der Waals surface area contributed by atoms with E-state index in [2.05, 4.69) is 15.3 Å². The first-order valence-electron chi connectivity index (χ1n) is 4.97. The summed E-state index contributed by atoms with van der Waals surface area (Å²) >= 11 is 0. The van der Waals surface area contributed by atoms with Crippen molar-refractivity contribution >= 4 is 11.6 Å². The Morgan fingerprint density at radius 2 is 1.88 bits per heavy atom. The number of nitrogens with two attached hydrogens (primary N) is 1. The molecule has 0 radical (unpaired) electrons. The molecule has 1 aromatic heterocycles. The third-order valence-corrected chi connectivity index (χ3v) is 2.18. The van der Waals surface area contributed by atoms with E-state index in [9.17, 15) is 5.11 Å². The molecule has 5 N–H and O–H groups in total. The zero-order valence-electron chi connectivity index (χ0n) is 8.96. The van der Waals surface area contributed by atoms with Crippen molar-refractivity contribution in [1.82, 2.24) is 9.97 Å².